The predicted octanol–water partition coefficient (Wildman–Crippen LogP) is -0.612. The van der Waals surface area contributed by atoms with E-state index in [2.05, 4.69) is 15.4 Å². The van der Waals surface area contributed by atoms with Crippen molar-refractivity contribution < 1.29 is 33.8 Å². The van der Waals surface area contributed by atoms with E-state index in [1.807, 2.05) is 0 Å². The zero-order chi connectivity index (χ0) is 18.8. The number of ether oxygens (including phenoxy) is 1. The quantitative estimate of drug-likeness (QED) is 0.358. The molecule has 0 aliphatic carbocycles. The summed E-state index contributed by atoms with van der Waals surface area (Å²) in [5, 5.41) is 12.7. The number of alkyl carbamates (subject to hydrolysis) is 1. The van der Waals surface area contributed by atoms with Gasteiger partial charge in [0.25, 0.3) is 0 Å². The van der Waals surface area contributed by atoms with Gasteiger partial charge in [0.15, 0.2) is 0 Å². The normalized spacial score (nSPS) is 11.0. The second-order valence-electron chi connectivity index (χ2n) is 4.86. The summed E-state index contributed by atoms with van der Waals surface area (Å²) in [5.74, 6) is -3.79. The lowest BCUT2D eigenvalue weighted by Crippen LogP contribution is -2.48. The Hall–Kier alpha value is -3.43. The van der Waals surface area contributed by atoms with Crippen molar-refractivity contribution in [3.05, 3.63) is 35.9 Å². The van der Waals surface area contributed by atoms with Gasteiger partial charge in [0, 0.05) is 6.42 Å². The molecule has 1 atom stereocenters. The van der Waals surface area contributed by atoms with Crippen LogP contribution in [0.25, 0.3) is 0 Å². The molecule has 10 heteroatoms. The van der Waals surface area contributed by atoms with Crippen molar-refractivity contribution >= 4 is 29.8 Å². The smallest absolute Gasteiger partial charge is 0.415 e. The Bertz CT molecular complexity index is 660. The third kappa shape index (κ3) is 7.59. The van der Waals surface area contributed by atoms with E-state index >= 15 is 0 Å². The number of nitrogens with two attached hydrogens (primary N) is 1. The van der Waals surface area contributed by atoms with E-state index in [-0.39, 0.29) is 18.4 Å². The summed E-state index contributed by atoms with van der Waals surface area (Å²) < 4.78 is 4.55. The topological polar surface area (TPSA) is 165 Å². The maximum atomic E-state index is 11.9. The van der Waals surface area contributed by atoms with Crippen molar-refractivity contribution in [2.24, 2.45) is 5.73 Å². The van der Waals surface area contributed by atoms with Crippen LogP contribution in [0.2, 0.25) is 0 Å². The van der Waals surface area contributed by atoms with Crippen molar-refractivity contribution in [3.8, 4) is 0 Å². The van der Waals surface area contributed by atoms with E-state index in [0.717, 1.165) is 0 Å². The molecule has 1 aromatic carbocycles. The SMILES string of the molecule is NC(=O)CC[C@H](NC(=O)OC(=O)c1ccccc1)C(=O)NCC(=O)O. The van der Waals surface area contributed by atoms with Crippen LogP contribution in [-0.2, 0) is 19.1 Å². The number of rotatable bonds is 8. The summed E-state index contributed by atoms with van der Waals surface area (Å²) in [4.78, 5) is 56.7. The van der Waals surface area contributed by atoms with Crippen LogP contribution in [0.3, 0.4) is 0 Å². The molecule has 3 amide bonds. The largest absolute Gasteiger partial charge is 0.480 e. The predicted molar refractivity (Wildman–Crippen MR) is 83.3 cm³/mol. The minimum Gasteiger partial charge on any atom is -0.480 e. The Kier molecular flexibility index (Phi) is 7.57. The van der Waals surface area contributed by atoms with E-state index in [9.17, 15) is 24.0 Å². The minimum atomic E-state index is -1.29. The molecule has 0 aliphatic rings. The van der Waals surface area contributed by atoms with Crippen molar-refractivity contribution in [2.45, 2.75) is 18.9 Å². The molecule has 0 heterocycles. The van der Waals surface area contributed by atoms with Crippen LogP contribution in [-0.4, -0.2) is 47.5 Å². The fourth-order valence-electron chi connectivity index (χ4n) is 1.73. The van der Waals surface area contributed by atoms with Crippen LogP contribution in [0, 0.1) is 0 Å². The second kappa shape index (κ2) is 9.65. The van der Waals surface area contributed by atoms with E-state index < -0.39 is 42.4 Å². The number of carbonyl (C=O) groups excluding carboxylic acids is 4. The molecule has 134 valence electrons. The lowest BCUT2D eigenvalue weighted by molar-refractivity contribution is -0.138. The summed E-state index contributed by atoms with van der Waals surface area (Å²) in [5.41, 5.74) is 5.11. The van der Waals surface area contributed by atoms with Crippen LogP contribution in [0.15, 0.2) is 30.3 Å². The molecule has 0 saturated carbocycles. The van der Waals surface area contributed by atoms with Gasteiger partial charge in [0.2, 0.25) is 11.8 Å². The molecule has 0 fully saturated rings. The van der Waals surface area contributed by atoms with Gasteiger partial charge in [0.1, 0.15) is 12.6 Å². The third-order valence-corrected chi connectivity index (χ3v) is 2.90. The molecule has 10 nitrogen and oxygen atoms in total. The summed E-state index contributed by atoms with van der Waals surface area (Å²) >= 11 is 0. The average molecular weight is 351 g/mol. The van der Waals surface area contributed by atoms with Crippen molar-refractivity contribution in [1.82, 2.24) is 10.6 Å². The highest BCUT2D eigenvalue weighted by atomic mass is 16.6. The van der Waals surface area contributed by atoms with Gasteiger partial charge in [0.05, 0.1) is 5.56 Å². The van der Waals surface area contributed by atoms with Gasteiger partial charge in [-0.05, 0) is 18.6 Å². The molecule has 0 bridgehead atoms. The molecule has 0 spiro atoms. The van der Waals surface area contributed by atoms with Gasteiger partial charge in [-0.25, -0.2) is 9.59 Å². The van der Waals surface area contributed by atoms with Crippen LogP contribution < -0.4 is 16.4 Å². The molecule has 5 N–H and O–H groups in total. The first-order valence-corrected chi connectivity index (χ1v) is 7.15. The highest BCUT2D eigenvalue weighted by Crippen LogP contribution is 2.03. The van der Waals surface area contributed by atoms with E-state index in [1.165, 1.54) is 12.1 Å². The van der Waals surface area contributed by atoms with Gasteiger partial charge < -0.3 is 26.2 Å². The number of nitrogens with one attached hydrogen (secondary N) is 2. The lowest BCUT2D eigenvalue weighted by Gasteiger charge is -2.16. The molecule has 0 unspecified atom stereocenters. The standard InChI is InChI=1S/C15H17N3O7/c16-11(19)7-6-10(13(22)17-8-12(20)21)18-15(24)25-14(23)9-4-2-1-3-5-9/h1-5,10H,6-8H2,(H2,16,19)(H,17,22)(H,18,24)(H,20,21)/t10-/m0/s1. The third-order valence-electron chi connectivity index (χ3n) is 2.90. The fourth-order valence-corrected chi connectivity index (χ4v) is 1.73. The fraction of sp³-hybridized carbons (Fsp3) is 0.267. The van der Waals surface area contributed by atoms with Gasteiger partial charge in [-0.3, -0.25) is 14.4 Å². The van der Waals surface area contributed by atoms with Crippen LogP contribution >= 0.6 is 0 Å². The first-order chi connectivity index (χ1) is 11.8. The Labute approximate surface area is 142 Å². The molecule has 1 aromatic rings. The highest BCUT2D eigenvalue weighted by Gasteiger charge is 2.24. The number of carboxylic acids is 1. The number of esters is 1. The monoisotopic (exact) mass is 351 g/mol. The maximum absolute atomic E-state index is 11.9. The Morgan fingerprint density at radius 1 is 1.12 bits per heavy atom. The van der Waals surface area contributed by atoms with Gasteiger partial charge >= 0.3 is 18.0 Å². The van der Waals surface area contributed by atoms with E-state index in [4.69, 9.17) is 10.8 Å². The number of amides is 3. The molecule has 25 heavy (non-hydrogen) atoms. The summed E-state index contributed by atoms with van der Waals surface area (Å²) in [6.45, 7) is -0.675. The van der Waals surface area contributed by atoms with Crippen molar-refractivity contribution in [2.75, 3.05) is 6.54 Å². The second-order valence-corrected chi connectivity index (χ2v) is 4.86. The number of aliphatic carboxylic acids is 1. The summed E-state index contributed by atoms with van der Waals surface area (Å²) in [7, 11) is 0. The first-order valence-electron chi connectivity index (χ1n) is 7.15. The average Bonchev–Trinajstić information content (AvgIpc) is 2.56. The summed E-state index contributed by atoms with van der Waals surface area (Å²) in [6.07, 6.45) is -1.64. The number of hydrogen-bond donors (Lipinski definition) is 4. The number of hydrogen-bond acceptors (Lipinski definition) is 6. The lowest BCUT2D eigenvalue weighted by atomic mass is 10.1. The summed E-state index contributed by atoms with van der Waals surface area (Å²) in [6, 6.07) is 6.39. The van der Waals surface area contributed by atoms with Crippen LogP contribution in [0.4, 0.5) is 4.79 Å². The van der Waals surface area contributed by atoms with E-state index in [1.54, 1.807) is 18.2 Å². The molecule has 0 radical (unpaired) electrons. The Balaban J connectivity index is 2.66. The van der Waals surface area contributed by atoms with Crippen molar-refractivity contribution in [1.29, 1.82) is 0 Å². The highest BCUT2D eigenvalue weighted by molar-refractivity contribution is 5.97. The first kappa shape index (κ1) is 19.6. The molecule has 0 saturated heterocycles. The van der Waals surface area contributed by atoms with Gasteiger partial charge in [-0.1, -0.05) is 18.2 Å². The Morgan fingerprint density at radius 2 is 1.76 bits per heavy atom. The number of carbonyl (C=O) groups is 5. The number of carboxylic acid groups (broad SMARTS) is 1. The van der Waals surface area contributed by atoms with E-state index in [0.29, 0.717) is 0 Å². The van der Waals surface area contributed by atoms with Gasteiger partial charge in [-0.15, -0.1) is 0 Å². The molecular weight excluding hydrogens is 334 g/mol. The number of primary amides is 1. The molecule has 0 aliphatic heterocycles. The van der Waals surface area contributed by atoms with Crippen LogP contribution in [0.5, 0.6) is 0 Å². The van der Waals surface area contributed by atoms with Crippen molar-refractivity contribution in [3.63, 3.8) is 0 Å². The Morgan fingerprint density at radius 3 is 2.32 bits per heavy atom. The zero-order valence-corrected chi connectivity index (χ0v) is 13.1. The maximum Gasteiger partial charge on any atom is 0.415 e. The molecular formula is C15H17N3O7. The minimum absolute atomic E-state index is 0.127. The van der Waals surface area contributed by atoms with Gasteiger partial charge in [-0.2, -0.15) is 0 Å². The number of benzene rings is 1. The molecule has 0 aromatic heterocycles. The molecule has 1 rings (SSSR count). The van der Waals surface area contributed by atoms with Crippen LogP contribution in [0.1, 0.15) is 23.2 Å². The zero-order valence-electron chi connectivity index (χ0n) is 13.1.